The average molecular weight is 181 g/mol. The van der Waals surface area contributed by atoms with Crippen molar-refractivity contribution in [3.8, 4) is 0 Å². The molecule has 0 N–H and O–H groups in total. The highest BCUT2D eigenvalue weighted by atomic mass is 32.1. The molecular weight excluding hydrogens is 170 g/mol. The lowest BCUT2D eigenvalue weighted by Gasteiger charge is -1.97. The normalized spacial score (nSPS) is 25.3. The van der Waals surface area contributed by atoms with Crippen molar-refractivity contribution in [2.45, 2.75) is 26.2 Å². The van der Waals surface area contributed by atoms with Gasteiger partial charge in [0, 0.05) is 12.1 Å². The third-order valence-electron chi connectivity index (χ3n) is 2.47. The van der Waals surface area contributed by atoms with E-state index in [0.717, 1.165) is 16.2 Å². The maximum absolute atomic E-state index is 10.4. The lowest BCUT2D eigenvalue weighted by atomic mass is 10.1. The molecule has 1 aliphatic rings. The largest absolute Gasteiger partial charge is 0.297 e. The highest BCUT2D eigenvalue weighted by molar-refractivity contribution is 7.13. The summed E-state index contributed by atoms with van der Waals surface area (Å²) < 4.78 is 0. The van der Waals surface area contributed by atoms with Crippen molar-refractivity contribution < 1.29 is 4.79 Å². The van der Waals surface area contributed by atoms with Crippen molar-refractivity contribution in [1.29, 1.82) is 0 Å². The van der Waals surface area contributed by atoms with Crippen molar-refractivity contribution in [3.05, 3.63) is 16.1 Å². The average Bonchev–Trinajstić information content (AvgIpc) is 2.52. The molecule has 0 saturated heterocycles. The third kappa shape index (κ3) is 1.18. The van der Waals surface area contributed by atoms with E-state index in [1.807, 2.05) is 0 Å². The highest BCUT2D eigenvalue weighted by Gasteiger charge is 2.48. The van der Waals surface area contributed by atoms with Crippen LogP contribution in [-0.2, 0) is 0 Å². The van der Waals surface area contributed by atoms with Crippen molar-refractivity contribution in [2.24, 2.45) is 5.41 Å². The lowest BCUT2D eigenvalue weighted by Crippen LogP contribution is -1.87. The summed E-state index contributed by atoms with van der Waals surface area (Å²) in [5.74, 6) is 0.594. The molecule has 1 saturated carbocycles. The summed E-state index contributed by atoms with van der Waals surface area (Å²) in [7, 11) is 0. The fourth-order valence-corrected chi connectivity index (χ4v) is 2.45. The quantitative estimate of drug-likeness (QED) is 0.656. The zero-order valence-corrected chi connectivity index (χ0v) is 8.02. The van der Waals surface area contributed by atoms with Crippen LogP contribution in [0.2, 0.25) is 0 Å². The Morgan fingerprint density at radius 2 is 2.42 bits per heavy atom. The van der Waals surface area contributed by atoms with Crippen LogP contribution in [0.4, 0.5) is 0 Å². The molecule has 2 rings (SSSR count). The van der Waals surface area contributed by atoms with Gasteiger partial charge in [0.1, 0.15) is 0 Å². The molecule has 0 aliphatic heterocycles. The van der Waals surface area contributed by atoms with E-state index in [2.05, 4.69) is 18.8 Å². The molecule has 1 unspecified atom stereocenters. The van der Waals surface area contributed by atoms with E-state index in [1.165, 1.54) is 17.8 Å². The summed E-state index contributed by atoms with van der Waals surface area (Å²) in [6.07, 6.45) is 3.75. The van der Waals surface area contributed by atoms with E-state index in [4.69, 9.17) is 0 Å². The molecule has 0 radical (unpaired) electrons. The van der Waals surface area contributed by atoms with Crippen molar-refractivity contribution in [2.75, 3.05) is 0 Å². The number of thiazole rings is 1. The Hall–Kier alpha value is -0.700. The Morgan fingerprint density at radius 1 is 1.75 bits per heavy atom. The summed E-state index contributed by atoms with van der Waals surface area (Å²) in [4.78, 5) is 15.4. The zero-order chi connectivity index (χ0) is 8.77. The first kappa shape index (κ1) is 7.92. The standard InChI is InChI=1S/C9H11NOS/c1-9(2)3-7(9)8-10-4-6(5-11)12-8/h4-5,7H,3H2,1-2H3. The zero-order valence-electron chi connectivity index (χ0n) is 7.20. The van der Waals surface area contributed by atoms with E-state index in [-0.39, 0.29) is 0 Å². The molecule has 1 heterocycles. The number of carbonyl (C=O) groups excluding carboxylic acids is 1. The van der Waals surface area contributed by atoms with E-state index in [0.29, 0.717) is 11.3 Å². The van der Waals surface area contributed by atoms with Crippen LogP contribution in [0, 0.1) is 5.41 Å². The molecule has 64 valence electrons. The summed E-state index contributed by atoms with van der Waals surface area (Å²) in [6, 6.07) is 0. The maximum Gasteiger partial charge on any atom is 0.161 e. The molecular formula is C9H11NOS. The molecule has 0 spiro atoms. The van der Waals surface area contributed by atoms with Crippen molar-refractivity contribution >= 4 is 17.6 Å². The van der Waals surface area contributed by atoms with Crippen LogP contribution in [0.5, 0.6) is 0 Å². The first-order valence-corrected chi connectivity index (χ1v) is 4.86. The minimum Gasteiger partial charge on any atom is -0.297 e. The van der Waals surface area contributed by atoms with Crippen molar-refractivity contribution in [1.82, 2.24) is 4.98 Å². The second-order valence-electron chi connectivity index (χ2n) is 3.96. The minimum absolute atomic E-state index is 0.415. The van der Waals surface area contributed by atoms with Crippen LogP contribution in [0.15, 0.2) is 6.20 Å². The summed E-state index contributed by atoms with van der Waals surface area (Å²) in [5.41, 5.74) is 0.415. The van der Waals surface area contributed by atoms with E-state index >= 15 is 0 Å². The van der Waals surface area contributed by atoms with E-state index in [1.54, 1.807) is 6.20 Å². The van der Waals surface area contributed by atoms with Gasteiger partial charge in [0.2, 0.25) is 0 Å². The molecule has 0 bridgehead atoms. The van der Waals surface area contributed by atoms with Gasteiger partial charge in [-0.3, -0.25) is 4.79 Å². The number of carbonyl (C=O) groups is 1. The molecule has 2 nitrogen and oxygen atoms in total. The van der Waals surface area contributed by atoms with Gasteiger partial charge in [-0.1, -0.05) is 13.8 Å². The van der Waals surface area contributed by atoms with Crippen LogP contribution in [0.1, 0.15) is 40.9 Å². The van der Waals surface area contributed by atoms with Crippen LogP contribution < -0.4 is 0 Å². The minimum atomic E-state index is 0.415. The molecule has 1 aromatic heterocycles. The van der Waals surface area contributed by atoms with Gasteiger partial charge in [-0.15, -0.1) is 11.3 Å². The number of rotatable bonds is 2. The van der Waals surface area contributed by atoms with Gasteiger partial charge in [-0.25, -0.2) is 4.98 Å². The van der Waals surface area contributed by atoms with Crippen LogP contribution in [0.25, 0.3) is 0 Å². The fraction of sp³-hybridized carbons (Fsp3) is 0.556. The number of hydrogen-bond donors (Lipinski definition) is 0. The summed E-state index contributed by atoms with van der Waals surface area (Å²) in [5, 5.41) is 1.13. The van der Waals surface area contributed by atoms with Gasteiger partial charge in [0.15, 0.2) is 6.29 Å². The molecule has 0 aromatic carbocycles. The molecule has 1 aromatic rings. The number of aldehydes is 1. The van der Waals surface area contributed by atoms with Gasteiger partial charge in [0.25, 0.3) is 0 Å². The predicted octanol–water partition coefficient (Wildman–Crippen LogP) is 2.47. The number of aromatic nitrogens is 1. The van der Waals surface area contributed by atoms with Gasteiger partial charge < -0.3 is 0 Å². The second-order valence-corrected chi connectivity index (χ2v) is 5.06. The third-order valence-corrected chi connectivity index (χ3v) is 3.51. The summed E-state index contributed by atoms with van der Waals surface area (Å²) >= 11 is 1.53. The molecule has 12 heavy (non-hydrogen) atoms. The Labute approximate surface area is 75.6 Å². The molecule has 0 amide bonds. The Morgan fingerprint density at radius 3 is 2.83 bits per heavy atom. The van der Waals surface area contributed by atoms with Crippen LogP contribution in [0.3, 0.4) is 0 Å². The van der Waals surface area contributed by atoms with Crippen LogP contribution in [-0.4, -0.2) is 11.3 Å². The lowest BCUT2D eigenvalue weighted by molar-refractivity contribution is 0.112. The Kier molecular flexibility index (Phi) is 1.58. The Bertz CT molecular complexity index is 316. The number of nitrogens with zero attached hydrogens (tertiary/aromatic N) is 1. The summed E-state index contributed by atoms with van der Waals surface area (Å²) in [6.45, 7) is 4.47. The first-order chi connectivity index (χ1) is 5.63. The molecule has 3 heteroatoms. The topological polar surface area (TPSA) is 30.0 Å². The molecule has 1 atom stereocenters. The van der Waals surface area contributed by atoms with Gasteiger partial charge in [0.05, 0.1) is 9.88 Å². The van der Waals surface area contributed by atoms with Gasteiger partial charge >= 0.3 is 0 Å². The van der Waals surface area contributed by atoms with Crippen molar-refractivity contribution in [3.63, 3.8) is 0 Å². The highest BCUT2D eigenvalue weighted by Crippen LogP contribution is 2.59. The SMILES string of the molecule is CC1(C)CC1c1ncc(C=O)s1. The Balaban J connectivity index is 2.20. The monoisotopic (exact) mass is 181 g/mol. The maximum atomic E-state index is 10.4. The van der Waals surface area contributed by atoms with E-state index < -0.39 is 0 Å². The van der Waals surface area contributed by atoms with Gasteiger partial charge in [-0.2, -0.15) is 0 Å². The fourth-order valence-electron chi connectivity index (χ4n) is 1.41. The smallest absolute Gasteiger partial charge is 0.161 e. The first-order valence-electron chi connectivity index (χ1n) is 4.04. The number of hydrogen-bond acceptors (Lipinski definition) is 3. The molecule has 1 aliphatic carbocycles. The van der Waals surface area contributed by atoms with Crippen LogP contribution >= 0.6 is 11.3 Å². The molecule has 1 fully saturated rings. The van der Waals surface area contributed by atoms with Gasteiger partial charge in [-0.05, 0) is 11.8 Å². The second kappa shape index (κ2) is 2.39. The predicted molar refractivity (Wildman–Crippen MR) is 48.6 cm³/mol. The van der Waals surface area contributed by atoms with E-state index in [9.17, 15) is 4.79 Å².